The van der Waals surface area contributed by atoms with Gasteiger partial charge in [0.25, 0.3) is 0 Å². The third-order valence-corrected chi connectivity index (χ3v) is 3.40. The molecule has 2 rings (SSSR count). The number of carbonyl (C=O) groups excluding carboxylic acids is 1. The van der Waals surface area contributed by atoms with E-state index in [1.807, 2.05) is 19.3 Å². The van der Waals surface area contributed by atoms with Crippen LogP contribution in [0.1, 0.15) is 15.9 Å². The van der Waals surface area contributed by atoms with Crippen molar-refractivity contribution in [1.29, 1.82) is 0 Å². The van der Waals surface area contributed by atoms with Crippen molar-refractivity contribution in [3.05, 3.63) is 46.2 Å². The highest BCUT2D eigenvalue weighted by atomic mass is 79.9. The van der Waals surface area contributed by atoms with Crippen LogP contribution in [0.25, 0.3) is 0 Å². The Morgan fingerprint density at radius 2 is 2.32 bits per heavy atom. The zero-order valence-corrected chi connectivity index (χ0v) is 12.3. The average Bonchev–Trinajstić information content (AvgIpc) is 2.82. The van der Waals surface area contributed by atoms with Crippen molar-refractivity contribution in [1.82, 2.24) is 9.78 Å². The molecule has 6 heteroatoms. The second-order valence-corrected chi connectivity index (χ2v) is 4.91. The van der Waals surface area contributed by atoms with Crippen molar-refractivity contribution in [2.45, 2.75) is 6.54 Å². The number of hydrogen-bond acceptors (Lipinski definition) is 4. The van der Waals surface area contributed by atoms with Gasteiger partial charge in [0.2, 0.25) is 0 Å². The Morgan fingerprint density at radius 1 is 1.53 bits per heavy atom. The Labute approximate surface area is 119 Å². The van der Waals surface area contributed by atoms with Crippen LogP contribution in [0.2, 0.25) is 0 Å². The summed E-state index contributed by atoms with van der Waals surface area (Å²) in [4.78, 5) is 11.4. The molecule has 0 unspecified atom stereocenters. The van der Waals surface area contributed by atoms with Gasteiger partial charge < -0.3 is 10.1 Å². The van der Waals surface area contributed by atoms with Crippen molar-refractivity contribution in [3.63, 3.8) is 0 Å². The van der Waals surface area contributed by atoms with E-state index in [1.54, 1.807) is 23.0 Å². The molecule has 0 fully saturated rings. The smallest absolute Gasteiger partial charge is 0.337 e. The topological polar surface area (TPSA) is 56.1 Å². The fraction of sp³-hybridized carbons (Fsp3) is 0.231. The highest BCUT2D eigenvalue weighted by molar-refractivity contribution is 9.10. The van der Waals surface area contributed by atoms with E-state index >= 15 is 0 Å². The van der Waals surface area contributed by atoms with Gasteiger partial charge in [0.1, 0.15) is 0 Å². The Bertz CT molecular complexity index is 595. The number of aryl methyl sites for hydroxylation is 1. The Kier molecular flexibility index (Phi) is 4.21. The number of aromatic nitrogens is 2. The van der Waals surface area contributed by atoms with Crippen LogP contribution in [-0.2, 0) is 18.3 Å². The molecule has 0 spiro atoms. The largest absolute Gasteiger partial charge is 0.465 e. The molecule has 19 heavy (non-hydrogen) atoms. The van der Waals surface area contributed by atoms with Crippen molar-refractivity contribution in [2.75, 3.05) is 12.4 Å². The number of anilines is 1. The number of methoxy groups -OCH3 is 1. The van der Waals surface area contributed by atoms with Crippen LogP contribution in [0.3, 0.4) is 0 Å². The summed E-state index contributed by atoms with van der Waals surface area (Å²) in [6.07, 6.45) is 3.66. The average molecular weight is 324 g/mol. The molecule has 0 bridgehead atoms. The van der Waals surface area contributed by atoms with E-state index in [-0.39, 0.29) is 5.97 Å². The van der Waals surface area contributed by atoms with E-state index in [4.69, 9.17) is 0 Å². The lowest BCUT2D eigenvalue weighted by Crippen LogP contribution is -2.04. The zero-order valence-electron chi connectivity index (χ0n) is 10.7. The number of esters is 1. The number of nitrogens with one attached hydrogen (secondary N) is 1. The van der Waals surface area contributed by atoms with Gasteiger partial charge >= 0.3 is 5.97 Å². The zero-order chi connectivity index (χ0) is 13.8. The van der Waals surface area contributed by atoms with Crippen molar-refractivity contribution in [3.8, 4) is 0 Å². The molecule has 1 aromatic carbocycles. The van der Waals surface area contributed by atoms with E-state index in [0.29, 0.717) is 12.1 Å². The molecule has 0 saturated heterocycles. The molecule has 2 aromatic rings. The maximum Gasteiger partial charge on any atom is 0.337 e. The molecule has 100 valence electrons. The first-order valence-electron chi connectivity index (χ1n) is 5.69. The van der Waals surface area contributed by atoms with Gasteiger partial charge in [0.15, 0.2) is 0 Å². The van der Waals surface area contributed by atoms with Gasteiger partial charge in [-0.1, -0.05) is 22.0 Å². The number of ether oxygens (including phenoxy) is 1. The molecule has 0 aliphatic heterocycles. The van der Waals surface area contributed by atoms with Crippen LogP contribution < -0.4 is 5.32 Å². The summed E-state index contributed by atoms with van der Waals surface area (Å²) in [5.41, 5.74) is 2.53. The van der Waals surface area contributed by atoms with Gasteiger partial charge in [0.05, 0.1) is 24.6 Å². The maximum atomic E-state index is 11.4. The summed E-state index contributed by atoms with van der Waals surface area (Å²) in [5.74, 6) is -0.340. The molecule has 0 aliphatic rings. The minimum Gasteiger partial charge on any atom is -0.465 e. The van der Waals surface area contributed by atoms with Crippen molar-refractivity contribution in [2.24, 2.45) is 7.05 Å². The lowest BCUT2D eigenvalue weighted by molar-refractivity contribution is 0.0600. The fourth-order valence-corrected chi connectivity index (χ4v) is 2.16. The highest BCUT2D eigenvalue weighted by Crippen LogP contribution is 2.20. The molecule has 0 aliphatic carbocycles. The molecule has 0 saturated carbocycles. The third-order valence-electron chi connectivity index (χ3n) is 2.66. The Hall–Kier alpha value is -1.82. The normalized spacial score (nSPS) is 10.3. The Balaban J connectivity index is 2.07. The van der Waals surface area contributed by atoms with Gasteiger partial charge in [-0.25, -0.2) is 4.79 Å². The van der Waals surface area contributed by atoms with Crippen molar-refractivity contribution < 1.29 is 9.53 Å². The summed E-state index contributed by atoms with van der Waals surface area (Å²) in [6.45, 7) is 0.647. The van der Waals surface area contributed by atoms with E-state index in [9.17, 15) is 4.79 Å². The molecule has 5 nitrogen and oxygen atoms in total. The molecule has 0 amide bonds. The summed E-state index contributed by atoms with van der Waals surface area (Å²) in [7, 11) is 3.24. The monoisotopic (exact) mass is 323 g/mol. The van der Waals surface area contributed by atoms with Gasteiger partial charge in [0, 0.05) is 24.3 Å². The predicted molar refractivity (Wildman–Crippen MR) is 76.0 cm³/mol. The van der Waals surface area contributed by atoms with Crippen molar-refractivity contribution >= 4 is 27.6 Å². The van der Waals surface area contributed by atoms with Gasteiger partial charge in [-0.2, -0.15) is 5.10 Å². The fourth-order valence-electron chi connectivity index (χ4n) is 1.65. The van der Waals surface area contributed by atoms with Crippen LogP contribution >= 0.6 is 15.9 Å². The molecule has 0 radical (unpaired) electrons. The summed E-state index contributed by atoms with van der Waals surface area (Å²) in [5, 5.41) is 7.34. The standard InChI is InChI=1S/C13H14BrN3O2/c1-17-8-11(7-16-17)15-6-10-4-3-9(5-12(10)14)13(18)19-2/h3-5,7-8,15H,6H2,1-2H3. The molecule has 1 heterocycles. The Morgan fingerprint density at radius 3 is 2.89 bits per heavy atom. The molecular weight excluding hydrogens is 310 g/mol. The number of rotatable bonds is 4. The number of carbonyl (C=O) groups is 1. The van der Waals surface area contributed by atoms with Crippen LogP contribution in [-0.4, -0.2) is 22.9 Å². The number of hydrogen-bond donors (Lipinski definition) is 1. The molecule has 1 aromatic heterocycles. The minimum absolute atomic E-state index is 0.340. The third kappa shape index (κ3) is 3.35. The first-order valence-corrected chi connectivity index (χ1v) is 6.48. The van der Waals surface area contributed by atoms with E-state index in [0.717, 1.165) is 15.7 Å². The van der Waals surface area contributed by atoms with Gasteiger partial charge in [-0.05, 0) is 17.7 Å². The lowest BCUT2D eigenvalue weighted by Gasteiger charge is -2.07. The van der Waals surface area contributed by atoms with E-state index in [2.05, 4.69) is 31.1 Å². The number of benzene rings is 1. The van der Waals surface area contributed by atoms with Crippen LogP contribution in [0.5, 0.6) is 0 Å². The summed E-state index contributed by atoms with van der Waals surface area (Å²) in [6, 6.07) is 5.39. The second kappa shape index (κ2) is 5.88. The first-order chi connectivity index (χ1) is 9.10. The molecule has 0 atom stereocenters. The predicted octanol–water partition coefficient (Wildman–Crippen LogP) is 2.58. The van der Waals surface area contributed by atoms with Gasteiger partial charge in [-0.3, -0.25) is 4.68 Å². The van der Waals surface area contributed by atoms with Crippen LogP contribution in [0.4, 0.5) is 5.69 Å². The van der Waals surface area contributed by atoms with Crippen LogP contribution in [0.15, 0.2) is 35.1 Å². The number of nitrogens with zero attached hydrogens (tertiary/aromatic N) is 2. The van der Waals surface area contributed by atoms with E-state index < -0.39 is 0 Å². The van der Waals surface area contributed by atoms with Gasteiger partial charge in [-0.15, -0.1) is 0 Å². The minimum atomic E-state index is -0.340. The summed E-state index contributed by atoms with van der Waals surface area (Å²) < 4.78 is 7.28. The van der Waals surface area contributed by atoms with Crippen LogP contribution in [0, 0.1) is 0 Å². The second-order valence-electron chi connectivity index (χ2n) is 4.05. The highest BCUT2D eigenvalue weighted by Gasteiger charge is 2.08. The summed E-state index contributed by atoms with van der Waals surface area (Å²) >= 11 is 3.45. The lowest BCUT2D eigenvalue weighted by atomic mass is 10.1. The quantitative estimate of drug-likeness (QED) is 0.879. The molecular formula is C13H14BrN3O2. The molecule has 1 N–H and O–H groups in total. The first kappa shape index (κ1) is 13.6. The van der Waals surface area contributed by atoms with E-state index in [1.165, 1.54) is 7.11 Å². The maximum absolute atomic E-state index is 11.4. The SMILES string of the molecule is COC(=O)c1ccc(CNc2cnn(C)c2)c(Br)c1. The number of halogens is 1.